The summed E-state index contributed by atoms with van der Waals surface area (Å²) in [5, 5.41) is 3.45. The van der Waals surface area contributed by atoms with Crippen molar-refractivity contribution >= 4 is 34.0 Å². The molecule has 0 atom stereocenters. The number of carbonyl (C=O) groups excluding carboxylic acids is 1. The Morgan fingerprint density at radius 1 is 1.03 bits per heavy atom. The molecule has 0 bridgehead atoms. The number of amides is 1. The Balaban J connectivity index is 1.16. The van der Waals surface area contributed by atoms with Crippen LogP contribution in [0.2, 0.25) is 0 Å². The molecule has 0 radical (unpaired) electrons. The van der Waals surface area contributed by atoms with E-state index in [4.69, 9.17) is 5.73 Å². The number of hydrogen-bond acceptors (Lipinski definition) is 7. The Labute approximate surface area is 194 Å². The van der Waals surface area contributed by atoms with Gasteiger partial charge in [-0.05, 0) is 24.3 Å². The molecular formula is C24H23FN6OS. The largest absolute Gasteiger partial charge is 0.383 e. The van der Waals surface area contributed by atoms with Crippen molar-refractivity contribution < 1.29 is 9.18 Å². The number of rotatable bonds is 5. The average molecular weight is 463 g/mol. The molecule has 3 heterocycles. The molecule has 2 aromatic heterocycles. The molecule has 1 aliphatic rings. The van der Waals surface area contributed by atoms with Gasteiger partial charge in [0.2, 0.25) is 5.91 Å². The van der Waals surface area contributed by atoms with Gasteiger partial charge in [0.1, 0.15) is 22.5 Å². The van der Waals surface area contributed by atoms with Gasteiger partial charge in [-0.2, -0.15) is 0 Å². The van der Waals surface area contributed by atoms with Gasteiger partial charge in [-0.1, -0.05) is 24.3 Å². The summed E-state index contributed by atoms with van der Waals surface area (Å²) in [4.78, 5) is 30.5. The fourth-order valence-corrected chi connectivity index (χ4v) is 4.80. The minimum atomic E-state index is -0.296. The third-order valence-corrected chi connectivity index (χ3v) is 6.66. The quantitative estimate of drug-likeness (QED) is 0.489. The molecule has 4 aromatic rings. The van der Waals surface area contributed by atoms with Gasteiger partial charge in [-0.25, -0.2) is 19.3 Å². The molecular weight excluding hydrogens is 439 g/mol. The molecule has 1 aliphatic heterocycles. The molecule has 1 saturated heterocycles. The normalized spacial score (nSPS) is 14.6. The van der Waals surface area contributed by atoms with Crippen LogP contribution in [0.15, 0.2) is 53.9 Å². The maximum atomic E-state index is 13.5. The molecule has 0 unspecified atom stereocenters. The molecule has 0 saturated carbocycles. The summed E-state index contributed by atoms with van der Waals surface area (Å²) in [5.74, 6) is 0.940. The zero-order valence-corrected chi connectivity index (χ0v) is 18.8. The van der Waals surface area contributed by atoms with Crippen LogP contribution in [0.3, 0.4) is 0 Å². The van der Waals surface area contributed by atoms with Crippen LogP contribution >= 0.6 is 11.3 Å². The molecule has 7 nitrogen and oxygen atoms in total. The van der Waals surface area contributed by atoms with E-state index in [2.05, 4.69) is 19.9 Å². The number of aromatic nitrogens is 3. The van der Waals surface area contributed by atoms with E-state index in [1.54, 1.807) is 6.07 Å². The van der Waals surface area contributed by atoms with E-state index in [0.717, 1.165) is 34.6 Å². The first-order valence-corrected chi connectivity index (χ1v) is 11.6. The van der Waals surface area contributed by atoms with E-state index < -0.39 is 0 Å². The summed E-state index contributed by atoms with van der Waals surface area (Å²) in [6.45, 7) is 3.37. The Kier molecular flexibility index (Phi) is 5.97. The van der Waals surface area contributed by atoms with Crippen LogP contribution in [-0.4, -0.2) is 56.8 Å². The number of nitrogen functional groups attached to an aromatic ring is 1. The predicted octanol–water partition coefficient (Wildman–Crippen LogP) is 3.36. The van der Waals surface area contributed by atoms with E-state index in [0.29, 0.717) is 37.0 Å². The van der Waals surface area contributed by atoms with Gasteiger partial charge in [-0.3, -0.25) is 9.69 Å². The number of nitrogens with two attached hydrogens (primary N) is 1. The van der Waals surface area contributed by atoms with Gasteiger partial charge in [0.15, 0.2) is 0 Å². The van der Waals surface area contributed by atoms with Gasteiger partial charge in [-0.15, -0.1) is 11.3 Å². The highest BCUT2D eigenvalue weighted by molar-refractivity contribution is 7.13. The second kappa shape index (κ2) is 9.21. The van der Waals surface area contributed by atoms with E-state index in [1.165, 1.54) is 23.5 Å². The number of benzene rings is 2. The Bertz CT molecular complexity index is 1300. The summed E-state index contributed by atoms with van der Waals surface area (Å²) in [5.41, 5.74) is 8.38. The van der Waals surface area contributed by atoms with Crippen LogP contribution in [0.5, 0.6) is 0 Å². The first-order chi connectivity index (χ1) is 16.0. The molecule has 1 fully saturated rings. The van der Waals surface area contributed by atoms with Crippen LogP contribution in [0.4, 0.5) is 10.2 Å². The summed E-state index contributed by atoms with van der Waals surface area (Å²) in [6, 6.07) is 14.1. The SMILES string of the molecule is Nc1nc(CN2CCN(C(=O)Cc3csc(-c4cccc(F)c4)n3)CC2)nc2ccccc12. The van der Waals surface area contributed by atoms with Gasteiger partial charge in [0.05, 0.1) is 24.2 Å². The summed E-state index contributed by atoms with van der Waals surface area (Å²) in [6.07, 6.45) is 0.246. The molecule has 9 heteroatoms. The number of anilines is 1. The Morgan fingerprint density at radius 3 is 2.67 bits per heavy atom. The van der Waals surface area contributed by atoms with Gasteiger partial charge in [0, 0.05) is 42.5 Å². The van der Waals surface area contributed by atoms with Crippen LogP contribution in [0.25, 0.3) is 21.5 Å². The zero-order valence-electron chi connectivity index (χ0n) is 17.9. The van der Waals surface area contributed by atoms with Gasteiger partial charge >= 0.3 is 0 Å². The van der Waals surface area contributed by atoms with Crippen LogP contribution in [-0.2, 0) is 17.8 Å². The second-order valence-corrected chi connectivity index (χ2v) is 8.89. The smallest absolute Gasteiger partial charge is 0.228 e. The fraction of sp³-hybridized carbons (Fsp3) is 0.250. The lowest BCUT2D eigenvalue weighted by Gasteiger charge is -2.34. The molecule has 0 aliphatic carbocycles. The van der Waals surface area contributed by atoms with Crippen molar-refractivity contribution in [1.82, 2.24) is 24.8 Å². The first-order valence-electron chi connectivity index (χ1n) is 10.8. The number of carbonyl (C=O) groups is 1. The fourth-order valence-electron chi connectivity index (χ4n) is 3.99. The zero-order chi connectivity index (χ0) is 22.8. The number of para-hydroxylation sites is 1. The molecule has 2 aromatic carbocycles. The molecule has 0 spiro atoms. The highest BCUT2D eigenvalue weighted by Gasteiger charge is 2.23. The predicted molar refractivity (Wildman–Crippen MR) is 127 cm³/mol. The minimum Gasteiger partial charge on any atom is -0.383 e. The highest BCUT2D eigenvalue weighted by Crippen LogP contribution is 2.25. The molecule has 1 amide bonds. The van der Waals surface area contributed by atoms with Crippen LogP contribution in [0, 0.1) is 5.82 Å². The van der Waals surface area contributed by atoms with Crippen LogP contribution < -0.4 is 5.73 Å². The lowest BCUT2D eigenvalue weighted by molar-refractivity contribution is -0.132. The van der Waals surface area contributed by atoms with E-state index in [9.17, 15) is 9.18 Å². The monoisotopic (exact) mass is 462 g/mol. The number of halogens is 1. The number of nitrogens with zero attached hydrogens (tertiary/aromatic N) is 5. The van der Waals surface area contributed by atoms with Crippen molar-refractivity contribution in [2.24, 2.45) is 0 Å². The van der Waals surface area contributed by atoms with Crippen molar-refractivity contribution in [3.05, 3.63) is 71.2 Å². The number of thiazole rings is 1. The first kappa shape index (κ1) is 21.4. The van der Waals surface area contributed by atoms with Crippen molar-refractivity contribution in [2.75, 3.05) is 31.9 Å². The van der Waals surface area contributed by atoms with Gasteiger partial charge < -0.3 is 10.6 Å². The van der Waals surface area contributed by atoms with Crippen molar-refractivity contribution in [2.45, 2.75) is 13.0 Å². The standard InChI is InChI=1S/C24H23FN6OS/c25-17-5-3-4-16(12-17)24-27-18(15-33-24)13-22(32)31-10-8-30(9-11-31)14-21-28-20-7-2-1-6-19(20)23(26)29-21/h1-7,12,15H,8-11,13-14H2,(H2,26,28,29). The molecule has 33 heavy (non-hydrogen) atoms. The maximum Gasteiger partial charge on any atom is 0.228 e. The summed E-state index contributed by atoms with van der Waals surface area (Å²) >= 11 is 1.42. The molecule has 2 N–H and O–H groups in total. The summed E-state index contributed by atoms with van der Waals surface area (Å²) < 4.78 is 13.5. The number of fused-ring (bicyclic) bond motifs is 1. The topological polar surface area (TPSA) is 88.2 Å². The Hall–Kier alpha value is -3.43. The lowest BCUT2D eigenvalue weighted by Crippen LogP contribution is -2.48. The van der Waals surface area contributed by atoms with Gasteiger partial charge in [0.25, 0.3) is 0 Å². The minimum absolute atomic E-state index is 0.0527. The van der Waals surface area contributed by atoms with E-state index in [1.807, 2.05) is 40.6 Å². The maximum absolute atomic E-state index is 13.5. The second-order valence-electron chi connectivity index (χ2n) is 8.03. The average Bonchev–Trinajstić information content (AvgIpc) is 3.28. The van der Waals surface area contributed by atoms with Crippen molar-refractivity contribution in [1.29, 1.82) is 0 Å². The van der Waals surface area contributed by atoms with Crippen molar-refractivity contribution in [3.8, 4) is 10.6 Å². The number of piperazine rings is 1. The Morgan fingerprint density at radius 2 is 1.85 bits per heavy atom. The third kappa shape index (κ3) is 4.84. The lowest BCUT2D eigenvalue weighted by atomic mass is 10.2. The molecule has 168 valence electrons. The van der Waals surface area contributed by atoms with E-state index in [-0.39, 0.29) is 18.1 Å². The van der Waals surface area contributed by atoms with Crippen LogP contribution in [0.1, 0.15) is 11.5 Å². The van der Waals surface area contributed by atoms with E-state index >= 15 is 0 Å². The third-order valence-electron chi connectivity index (χ3n) is 5.72. The molecule has 5 rings (SSSR count). The summed E-state index contributed by atoms with van der Waals surface area (Å²) in [7, 11) is 0. The van der Waals surface area contributed by atoms with Crippen molar-refractivity contribution in [3.63, 3.8) is 0 Å². The highest BCUT2D eigenvalue weighted by atomic mass is 32.1. The number of hydrogen-bond donors (Lipinski definition) is 1.